The normalized spacial score (nSPS) is 20.1. The molecule has 146 valence electrons. The van der Waals surface area contributed by atoms with Crippen LogP contribution in [-0.4, -0.2) is 32.0 Å². The van der Waals surface area contributed by atoms with Gasteiger partial charge in [-0.15, -0.1) is 0 Å². The van der Waals surface area contributed by atoms with Crippen molar-refractivity contribution in [3.05, 3.63) is 70.3 Å². The van der Waals surface area contributed by atoms with E-state index < -0.39 is 0 Å². The van der Waals surface area contributed by atoms with E-state index in [2.05, 4.69) is 27.8 Å². The van der Waals surface area contributed by atoms with Crippen LogP contribution >= 0.6 is 11.6 Å². The average molecular weight is 406 g/mol. The van der Waals surface area contributed by atoms with Gasteiger partial charge in [0.05, 0.1) is 18.4 Å². The summed E-state index contributed by atoms with van der Waals surface area (Å²) in [5, 5.41) is 16.4. The van der Waals surface area contributed by atoms with Gasteiger partial charge in [-0.1, -0.05) is 35.9 Å². The van der Waals surface area contributed by atoms with Gasteiger partial charge in [-0.25, -0.2) is 9.98 Å². The molecule has 0 bridgehead atoms. The number of likely N-dealkylation sites (N-methyl/N-ethyl adjacent to an activating group) is 1. The van der Waals surface area contributed by atoms with Crippen LogP contribution in [0.5, 0.6) is 5.75 Å². The number of anilines is 1. The highest BCUT2D eigenvalue weighted by Gasteiger charge is 2.34. The molecule has 29 heavy (non-hydrogen) atoms. The Kier molecular flexibility index (Phi) is 5.34. The second-order valence-corrected chi connectivity index (χ2v) is 7.17. The van der Waals surface area contributed by atoms with Crippen molar-refractivity contribution in [1.29, 1.82) is 5.26 Å². The number of hydrogen-bond acceptors (Lipinski definition) is 6. The fraction of sp³-hybridized carbons (Fsp3) is 0.227. The van der Waals surface area contributed by atoms with Gasteiger partial charge in [0.1, 0.15) is 18.0 Å². The Balaban J connectivity index is 1.67. The summed E-state index contributed by atoms with van der Waals surface area (Å²) in [7, 11) is 3.42. The minimum absolute atomic E-state index is 0.0948. The van der Waals surface area contributed by atoms with Crippen LogP contribution in [0.25, 0.3) is 0 Å². The number of nitrogens with zero attached hydrogens (tertiary/aromatic N) is 3. The summed E-state index contributed by atoms with van der Waals surface area (Å²) in [6.45, 7) is 0. The molecule has 0 amide bonds. The predicted octanol–water partition coefficient (Wildman–Crippen LogP) is 4.10. The molecule has 0 aromatic heterocycles. The van der Waals surface area contributed by atoms with Crippen molar-refractivity contribution < 1.29 is 4.74 Å². The standard InChI is InChI=1S/C22H20ClN5O/c1-25-21-17-10-9-16(15-5-3-4-6-18(15)23)20(17)27-22(28-21)26-14-8-7-13(12-24)19(11-14)29-2/h3-8,10-11,16,21,25H,9H2,1-2H3,(H,26,28)/t16?,21-/m0/s1. The van der Waals surface area contributed by atoms with E-state index in [1.54, 1.807) is 19.2 Å². The second-order valence-electron chi connectivity index (χ2n) is 6.76. The van der Waals surface area contributed by atoms with Gasteiger partial charge >= 0.3 is 0 Å². The molecule has 2 aliphatic rings. The molecule has 0 spiro atoms. The zero-order valence-corrected chi connectivity index (χ0v) is 16.9. The van der Waals surface area contributed by atoms with Crippen molar-refractivity contribution in [1.82, 2.24) is 5.32 Å². The lowest BCUT2D eigenvalue weighted by atomic mass is 9.92. The number of methoxy groups -OCH3 is 1. The maximum absolute atomic E-state index is 9.17. The van der Waals surface area contributed by atoms with E-state index in [1.165, 1.54) is 0 Å². The highest BCUT2D eigenvalue weighted by molar-refractivity contribution is 6.32. The summed E-state index contributed by atoms with van der Waals surface area (Å²) >= 11 is 6.45. The number of nitrogens with one attached hydrogen (secondary N) is 2. The lowest BCUT2D eigenvalue weighted by Crippen LogP contribution is -2.35. The number of aliphatic imine (C=N–C) groups is 2. The molecule has 2 atom stereocenters. The number of ether oxygens (including phenoxy) is 1. The number of hydrogen-bond donors (Lipinski definition) is 2. The zero-order valence-electron chi connectivity index (χ0n) is 16.1. The van der Waals surface area contributed by atoms with Crippen LogP contribution in [0.15, 0.2) is 64.1 Å². The molecule has 1 aliphatic carbocycles. The lowest BCUT2D eigenvalue weighted by Gasteiger charge is -2.24. The zero-order chi connectivity index (χ0) is 20.4. The Labute approximate surface area is 174 Å². The van der Waals surface area contributed by atoms with E-state index in [0.29, 0.717) is 17.3 Å². The number of nitriles is 1. The Morgan fingerprint density at radius 2 is 2.07 bits per heavy atom. The number of halogens is 1. The maximum atomic E-state index is 9.17. The SMILES string of the molecule is CN[C@H]1N=C(Nc2ccc(C#N)c(OC)c2)N=C2C1=CCC2c1ccccc1Cl. The topological polar surface area (TPSA) is 81.8 Å². The molecule has 1 unspecified atom stereocenters. The fourth-order valence-electron chi connectivity index (χ4n) is 3.69. The molecule has 7 heteroatoms. The van der Waals surface area contributed by atoms with E-state index in [4.69, 9.17) is 26.6 Å². The molecule has 0 fully saturated rings. The third-order valence-electron chi connectivity index (χ3n) is 5.10. The molecule has 1 heterocycles. The quantitative estimate of drug-likeness (QED) is 0.802. The van der Waals surface area contributed by atoms with Crippen LogP contribution in [0.4, 0.5) is 5.69 Å². The summed E-state index contributed by atoms with van der Waals surface area (Å²) in [6, 6.07) is 15.3. The van der Waals surface area contributed by atoms with Crippen molar-refractivity contribution in [2.45, 2.75) is 18.5 Å². The maximum Gasteiger partial charge on any atom is 0.224 e. The van der Waals surface area contributed by atoms with Gasteiger partial charge in [0, 0.05) is 28.3 Å². The molecule has 2 aromatic rings. The Morgan fingerprint density at radius 3 is 2.79 bits per heavy atom. The van der Waals surface area contributed by atoms with Crippen LogP contribution in [-0.2, 0) is 0 Å². The van der Waals surface area contributed by atoms with Gasteiger partial charge < -0.3 is 10.1 Å². The smallest absolute Gasteiger partial charge is 0.224 e. The third-order valence-corrected chi connectivity index (χ3v) is 5.45. The Bertz CT molecular complexity index is 1080. The van der Waals surface area contributed by atoms with E-state index in [0.717, 1.165) is 34.0 Å². The largest absolute Gasteiger partial charge is 0.495 e. The minimum Gasteiger partial charge on any atom is -0.495 e. The predicted molar refractivity (Wildman–Crippen MR) is 116 cm³/mol. The Hall–Kier alpha value is -3.14. The first-order chi connectivity index (χ1) is 14.1. The molecule has 0 saturated carbocycles. The summed E-state index contributed by atoms with van der Waals surface area (Å²) in [5.74, 6) is 1.10. The first-order valence-electron chi connectivity index (χ1n) is 9.28. The second kappa shape index (κ2) is 8.08. The van der Waals surface area contributed by atoms with Crippen molar-refractivity contribution >= 4 is 29.0 Å². The fourth-order valence-corrected chi connectivity index (χ4v) is 3.96. The molecule has 1 aliphatic heterocycles. The number of rotatable bonds is 4. The van der Waals surface area contributed by atoms with Gasteiger partial charge in [0.15, 0.2) is 0 Å². The van der Waals surface area contributed by atoms with Crippen LogP contribution < -0.4 is 15.4 Å². The van der Waals surface area contributed by atoms with Gasteiger partial charge in [-0.05, 0) is 37.2 Å². The molecular weight excluding hydrogens is 386 g/mol. The van der Waals surface area contributed by atoms with Crippen molar-refractivity contribution in [3.8, 4) is 11.8 Å². The molecule has 2 aromatic carbocycles. The highest BCUT2D eigenvalue weighted by atomic mass is 35.5. The van der Waals surface area contributed by atoms with Crippen LogP contribution in [0.2, 0.25) is 5.02 Å². The minimum atomic E-state index is -0.183. The van der Waals surface area contributed by atoms with Crippen molar-refractivity contribution in [2.24, 2.45) is 9.98 Å². The van der Waals surface area contributed by atoms with Gasteiger partial charge in [0.25, 0.3) is 0 Å². The van der Waals surface area contributed by atoms with Crippen molar-refractivity contribution in [2.75, 3.05) is 19.5 Å². The van der Waals surface area contributed by atoms with Gasteiger partial charge in [0.2, 0.25) is 5.96 Å². The molecule has 0 saturated heterocycles. The van der Waals surface area contributed by atoms with Crippen LogP contribution in [0, 0.1) is 11.3 Å². The molecule has 4 rings (SSSR count). The summed E-state index contributed by atoms with van der Waals surface area (Å²) in [6.07, 6.45) is 2.83. The summed E-state index contributed by atoms with van der Waals surface area (Å²) < 4.78 is 5.29. The van der Waals surface area contributed by atoms with E-state index in [-0.39, 0.29) is 12.1 Å². The number of guanidine groups is 1. The number of benzene rings is 2. The lowest BCUT2D eigenvalue weighted by molar-refractivity contribution is 0.413. The van der Waals surface area contributed by atoms with E-state index >= 15 is 0 Å². The van der Waals surface area contributed by atoms with E-state index in [1.807, 2.05) is 37.4 Å². The van der Waals surface area contributed by atoms with Gasteiger partial charge in [-0.2, -0.15) is 5.26 Å². The van der Waals surface area contributed by atoms with E-state index in [9.17, 15) is 0 Å². The molecule has 6 nitrogen and oxygen atoms in total. The average Bonchev–Trinajstić information content (AvgIpc) is 3.17. The molecule has 2 N–H and O–H groups in total. The number of fused-ring (bicyclic) bond motifs is 1. The van der Waals surface area contributed by atoms with Crippen molar-refractivity contribution in [3.63, 3.8) is 0 Å². The third kappa shape index (κ3) is 3.63. The molecule has 0 radical (unpaired) electrons. The van der Waals surface area contributed by atoms with Gasteiger partial charge in [-0.3, -0.25) is 5.32 Å². The number of allylic oxidation sites excluding steroid dienone is 1. The van der Waals surface area contributed by atoms with Crippen LogP contribution in [0.1, 0.15) is 23.5 Å². The first kappa shape index (κ1) is 19.2. The first-order valence-corrected chi connectivity index (χ1v) is 9.66. The Morgan fingerprint density at radius 1 is 1.24 bits per heavy atom. The molecular formula is C22H20ClN5O. The summed E-state index contributed by atoms with van der Waals surface area (Å²) in [5.41, 5.74) is 4.34. The monoisotopic (exact) mass is 405 g/mol. The summed E-state index contributed by atoms with van der Waals surface area (Å²) in [4.78, 5) is 9.50. The highest BCUT2D eigenvalue weighted by Crippen LogP contribution is 2.38. The van der Waals surface area contributed by atoms with Crippen LogP contribution in [0.3, 0.4) is 0 Å².